The molecule has 1 N–H and O–H groups in total. The second kappa shape index (κ2) is 7.42. The number of phenolic OH excluding ortho intramolecular Hbond substituents is 1. The van der Waals surface area contributed by atoms with Gasteiger partial charge in [-0.3, -0.25) is 15.0 Å². The van der Waals surface area contributed by atoms with Crippen molar-refractivity contribution in [3.63, 3.8) is 0 Å². The number of phenols is 1. The van der Waals surface area contributed by atoms with E-state index in [9.17, 15) is 15.2 Å². The van der Waals surface area contributed by atoms with Gasteiger partial charge in [0, 0.05) is 56.0 Å². The van der Waals surface area contributed by atoms with Crippen LogP contribution in [0.3, 0.4) is 0 Å². The highest BCUT2D eigenvalue weighted by Gasteiger charge is 2.24. The molecule has 0 aliphatic carbocycles. The van der Waals surface area contributed by atoms with Crippen molar-refractivity contribution < 1.29 is 19.5 Å². The van der Waals surface area contributed by atoms with Crippen LogP contribution in [0.1, 0.15) is 11.1 Å². The molecule has 2 aromatic rings. The summed E-state index contributed by atoms with van der Waals surface area (Å²) in [5.41, 5.74) is 2.44. The number of hydrogen-bond donors (Lipinski definition) is 1. The summed E-state index contributed by atoms with van der Waals surface area (Å²) >= 11 is 0. The fourth-order valence-electron chi connectivity index (χ4n) is 3.62. The summed E-state index contributed by atoms with van der Waals surface area (Å²) in [5, 5.41) is 21.3. The summed E-state index contributed by atoms with van der Waals surface area (Å²) in [5.74, 6) is 0.988. The second-order valence-corrected chi connectivity index (χ2v) is 6.71. The number of piperazine rings is 1. The van der Waals surface area contributed by atoms with Crippen molar-refractivity contribution in [2.75, 3.05) is 37.9 Å². The highest BCUT2D eigenvalue weighted by Crippen LogP contribution is 2.34. The molecule has 4 rings (SSSR count). The van der Waals surface area contributed by atoms with Gasteiger partial charge in [-0.05, 0) is 12.1 Å². The van der Waals surface area contributed by atoms with Gasteiger partial charge in [-0.1, -0.05) is 12.1 Å². The van der Waals surface area contributed by atoms with E-state index >= 15 is 0 Å². The molecular weight excluding hydrogens is 350 g/mol. The number of aromatic hydroxyl groups is 1. The first-order valence-electron chi connectivity index (χ1n) is 8.88. The Morgan fingerprint density at radius 1 is 1.15 bits per heavy atom. The minimum absolute atomic E-state index is 0.0608. The quantitative estimate of drug-likeness (QED) is 0.652. The number of anilines is 1. The minimum Gasteiger partial charge on any atom is -0.506 e. The Kier molecular flexibility index (Phi) is 4.83. The molecule has 0 spiro atoms. The van der Waals surface area contributed by atoms with Crippen molar-refractivity contribution in [2.24, 2.45) is 0 Å². The van der Waals surface area contributed by atoms with Gasteiger partial charge in [0.15, 0.2) is 6.79 Å². The van der Waals surface area contributed by atoms with Crippen LogP contribution >= 0.6 is 0 Å². The SMILES string of the molecule is O=[N+]([O-])c1cc2c(c(CN3CCN(c4ccccc4O)CC3)c1)OCOC2. The summed E-state index contributed by atoms with van der Waals surface area (Å²) in [4.78, 5) is 15.3. The topological polar surface area (TPSA) is 88.3 Å². The lowest BCUT2D eigenvalue weighted by molar-refractivity contribution is -0.385. The number of nitrogens with zero attached hydrogens (tertiary/aromatic N) is 3. The molecule has 0 saturated carbocycles. The summed E-state index contributed by atoms with van der Waals surface area (Å²) in [6.45, 7) is 4.21. The zero-order valence-corrected chi connectivity index (χ0v) is 14.8. The van der Waals surface area contributed by atoms with Crippen molar-refractivity contribution in [1.82, 2.24) is 4.90 Å². The van der Waals surface area contributed by atoms with Gasteiger partial charge in [0.1, 0.15) is 11.5 Å². The first kappa shape index (κ1) is 17.6. The van der Waals surface area contributed by atoms with E-state index < -0.39 is 0 Å². The van der Waals surface area contributed by atoms with Gasteiger partial charge in [-0.15, -0.1) is 0 Å². The third-order valence-corrected chi connectivity index (χ3v) is 4.97. The Morgan fingerprint density at radius 2 is 1.93 bits per heavy atom. The van der Waals surface area contributed by atoms with E-state index in [0.717, 1.165) is 43.0 Å². The number of hydrogen-bond acceptors (Lipinski definition) is 7. The summed E-state index contributed by atoms with van der Waals surface area (Å²) in [6, 6.07) is 10.4. The molecule has 8 nitrogen and oxygen atoms in total. The molecule has 27 heavy (non-hydrogen) atoms. The van der Waals surface area contributed by atoms with Gasteiger partial charge in [0.2, 0.25) is 0 Å². The lowest BCUT2D eigenvalue weighted by Crippen LogP contribution is -2.46. The van der Waals surface area contributed by atoms with Crippen molar-refractivity contribution in [3.05, 3.63) is 57.6 Å². The van der Waals surface area contributed by atoms with Crippen LogP contribution in [0.2, 0.25) is 0 Å². The molecule has 2 heterocycles. The second-order valence-electron chi connectivity index (χ2n) is 6.71. The molecule has 0 unspecified atom stereocenters. The standard InChI is InChI=1S/C19H21N3O5/c23-18-4-2-1-3-17(18)21-7-5-20(6-8-21)11-14-9-16(22(24)25)10-15-12-26-13-27-19(14)15/h1-4,9-10,23H,5-8,11-13H2. The third kappa shape index (κ3) is 3.67. The van der Waals surface area contributed by atoms with Crippen LogP contribution in [-0.4, -0.2) is 47.9 Å². The van der Waals surface area contributed by atoms with Crippen molar-refractivity contribution in [1.29, 1.82) is 0 Å². The molecule has 0 aromatic heterocycles. The molecule has 0 radical (unpaired) electrons. The molecular formula is C19H21N3O5. The van der Waals surface area contributed by atoms with E-state index in [-0.39, 0.29) is 23.2 Å². The largest absolute Gasteiger partial charge is 0.506 e. The van der Waals surface area contributed by atoms with Gasteiger partial charge in [-0.25, -0.2) is 0 Å². The number of nitro benzene ring substituents is 1. The predicted molar refractivity (Wildman–Crippen MR) is 99.0 cm³/mol. The molecule has 142 valence electrons. The van der Waals surface area contributed by atoms with Crippen LogP contribution in [0, 0.1) is 10.1 Å². The lowest BCUT2D eigenvalue weighted by Gasteiger charge is -2.36. The third-order valence-electron chi connectivity index (χ3n) is 4.97. The summed E-state index contributed by atoms with van der Waals surface area (Å²) in [7, 11) is 0. The van der Waals surface area contributed by atoms with Crippen LogP contribution in [0.5, 0.6) is 11.5 Å². The molecule has 1 fully saturated rings. The number of para-hydroxylation sites is 2. The first-order valence-corrected chi connectivity index (χ1v) is 8.88. The first-order chi connectivity index (χ1) is 13.1. The van der Waals surface area contributed by atoms with Crippen LogP contribution in [0.15, 0.2) is 36.4 Å². The molecule has 2 aliphatic heterocycles. The number of rotatable bonds is 4. The highest BCUT2D eigenvalue weighted by atomic mass is 16.7. The highest BCUT2D eigenvalue weighted by molar-refractivity contribution is 5.58. The normalized spacial score (nSPS) is 17.3. The Morgan fingerprint density at radius 3 is 2.67 bits per heavy atom. The molecule has 2 aromatic carbocycles. The zero-order valence-electron chi connectivity index (χ0n) is 14.8. The maximum atomic E-state index is 11.2. The number of ether oxygens (including phenoxy) is 2. The molecule has 1 saturated heterocycles. The molecule has 0 amide bonds. The summed E-state index contributed by atoms with van der Waals surface area (Å²) in [6.07, 6.45) is 0. The lowest BCUT2D eigenvalue weighted by atomic mass is 10.1. The zero-order chi connectivity index (χ0) is 18.8. The molecule has 8 heteroatoms. The van der Waals surface area contributed by atoms with Crippen molar-refractivity contribution in [3.8, 4) is 11.5 Å². The van der Waals surface area contributed by atoms with E-state index in [1.54, 1.807) is 12.1 Å². The Labute approximate surface area is 156 Å². The Bertz CT molecular complexity index is 849. The van der Waals surface area contributed by atoms with Gasteiger partial charge >= 0.3 is 0 Å². The van der Waals surface area contributed by atoms with Crippen molar-refractivity contribution in [2.45, 2.75) is 13.2 Å². The van der Waals surface area contributed by atoms with E-state index in [2.05, 4.69) is 9.80 Å². The van der Waals surface area contributed by atoms with E-state index in [1.807, 2.05) is 18.2 Å². The molecule has 0 atom stereocenters. The van der Waals surface area contributed by atoms with Crippen LogP contribution in [0.4, 0.5) is 11.4 Å². The van der Waals surface area contributed by atoms with E-state index in [1.165, 1.54) is 6.07 Å². The number of non-ortho nitro benzene ring substituents is 1. The maximum Gasteiger partial charge on any atom is 0.270 e. The van der Waals surface area contributed by atoms with E-state index in [4.69, 9.17) is 9.47 Å². The average Bonchev–Trinajstić information content (AvgIpc) is 2.69. The van der Waals surface area contributed by atoms with Crippen molar-refractivity contribution >= 4 is 11.4 Å². The fourth-order valence-corrected chi connectivity index (χ4v) is 3.62. The molecule has 0 bridgehead atoms. The Balaban J connectivity index is 1.48. The fraction of sp³-hybridized carbons (Fsp3) is 0.368. The van der Waals surface area contributed by atoms with Crippen LogP contribution in [-0.2, 0) is 17.9 Å². The predicted octanol–water partition coefficient (Wildman–Crippen LogP) is 2.49. The number of benzene rings is 2. The van der Waals surface area contributed by atoms with Gasteiger partial charge in [0.25, 0.3) is 5.69 Å². The summed E-state index contributed by atoms with van der Waals surface area (Å²) < 4.78 is 10.9. The Hall–Kier alpha value is -2.84. The van der Waals surface area contributed by atoms with Crippen LogP contribution < -0.4 is 9.64 Å². The monoisotopic (exact) mass is 371 g/mol. The van der Waals surface area contributed by atoms with Crippen LogP contribution in [0.25, 0.3) is 0 Å². The number of nitro groups is 1. The maximum absolute atomic E-state index is 11.2. The smallest absolute Gasteiger partial charge is 0.270 e. The van der Waals surface area contributed by atoms with E-state index in [0.29, 0.717) is 18.9 Å². The van der Waals surface area contributed by atoms with Gasteiger partial charge in [0.05, 0.1) is 17.2 Å². The molecule has 2 aliphatic rings. The van der Waals surface area contributed by atoms with Gasteiger partial charge < -0.3 is 19.5 Å². The minimum atomic E-state index is -0.380. The number of fused-ring (bicyclic) bond motifs is 1. The average molecular weight is 371 g/mol. The van der Waals surface area contributed by atoms with Gasteiger partial charge in [-0.2, -0.15) is 0 Å².